The van der Waals surface area contributed by atoms with Crippen molar-refractivity contribution in [2.24, 2.45) is 0 Å². The average molecular weight is 497 g/mol. The lowest BCUT2D eigenvalue weighted by molar-refractivity contribution is 0.0356. The van der Waals surface area contributed by atoms with E-state index in [1.165, 1.54) is 5.56 Å². The van der Waals surface area contributed by atoms with E-state index in [0.29, 0.717) is 45.4 Å². The number of aromatic nitrogens is 2. The molecule has 194 valence electrons. The Morgan fingerprint density at radius 3 is 2.64 bits per heavy atom. The van der Waals surface area contributed by atoms with Crippen LogP contribution in [0.2, 0.25) is 0 Å². The average Bonchev–Trinajstić information content (AvgIpc) is 2.95. The summed E-state index contributed by atoms with van der Waals surface area (Å²) >= 11 is 0. The number of nitrogens with one attached hydrogen (secondary N) is 1. The number of morpholine rings is 1. The number of amides is 1. The van der Waals surface area contributed by atoms with Crippen molar-refractivity contribution in [1.82, 2.24) is 25.1 Å². The number of hydrogen-bond acceptors (Lipinski definition) is 9. The number of carbonyl (C=O) groups is 1. The maximum atomic E-state index is 12.6. The number of benzene rings is 1. The maximum Gasteiger partial charge on any atom is 0.410 e. The highest BCUT2D eigenvalue weighted by molar-refractivity contribution is 5.68. The molecule has 0 radical (unpaired) electrons. The number of carbonyl (C=O) groups excluding carboxylic acids is 1. The second-order valence-corrected chi connectivity index (χ2v) is 9.35. The van der Waals surface area contributed by atoms with Gasteiger partial charge in [-0.2, -0.15) is 9.97 Å². The number of rotatable bonds is 8. The standard InChI is InChI=1S/C26H36N6O4/c33-26(36-20-21-5-2-1-3-6-21)32-12-10-31(11-13-32)24-22-7-8-27-19-23(22)28-25(29-24)35-16-4-9-30-14-17-34-18-15-30/h1-3,5-6,27H,4,7-20H2. The van der Waals surface area contributed by atoms with Crippen molar-refractivity contribution in [3.05, 3.63) is 47.2 Å². The largest absolute Gasteiger partial charge is 0.463 e. The van der Waals surface area contributed by atoms with Gasteiger partial charge in [0.1, 0.15) is 12.4 Å². The van der Waals surface area contributed by atoms with Crippen LogP contribution >= 0.6 is 0 Å². The van der Waals surface area contributed by atoms with E-state index in [4.69, 9.17) is 24.2 Å². The third-order valence-corrected chi connectivity index (χ3v) is 6.89. The fraction of sp³-hybridized carbons (Fsp3) is 0.577. The summed E-state index contributed by atoms with van der Waals surface area (Å²) in [6, 6.07) is 10.2. The van der Waals surface area contributed by atoms with Gasteiger partial charge in [0.15, 0.2) is 0 Å². The molecule has 10 heteroatoms. The molecule has 2 aromatic rings. The predicted octanol–water partition coefficient (Wildman–Crippen LogP) is 1.68. The zero-order chi connectivity index (χ0) is 24.6. The molecule has 4 heterocycles. The summed E-state index contributed by atoms with van der Waals surface area (Å²) in [7, 11) is 0. The zero-order valence-electron chi connectivity index (χ0n) is 20.9. The molecule has 1 N–H and O–H groups in total. The van der Waals surface area contributed by atoms with Crippen molar-refractivity contribution in [3.8, 4) is 6.01 Å². The van der Waals surface area contributed by atoms with Gasteiger partial charge in [0, 0.05) is 57.9 Å². The molecule has 1 aromatic carbocycles. The van der Waals surface area contributed by atoms with Gasteiger partial charge in [0.2, 0.25) is 0 Å². The van der Waals surface area contributed by atoms with Crippen LogP contribution in [0.25, 0.3) is 0 Å². The minimum Gasteiger partial charge on any atom is -0.463 e. The summed E-state index contributed by atoms with van der Waals surface area (Å²) in [5, 5.41) is 3.41. The molecule has 3 aliphatic rings. The number of anilines is 1. The normalized spacial score (nSPS) is 18.6. The fourth-order valence-electron chi connectivity index (χ4n) is 4.83. The van der Waals surface area contributed by atoms with E-state index in [9.17, 15) is 4.79 Å². The molecule has 0 saturated carbocycles. The molecule has 0 spiro atoms. The van der Waals surface area contributed by atoms with E-state index in [1.54, 1.807) is 4.90 Å². The molecule has 0 bridgehead atoms. The molecular weight excluding hydrogens is 460 g/mol. The summed E-state index contributed by atoms with van der Waals surface area (Å²) in [6.07, 6.45) is 1.55. The Balaban J connectivity index is 1.16. The quantitative estimate of drug-likeness (QED) is 0.548. The van der Waals surface area contributed by atoms with Crippen molar-refractivity contribution in [1.29, 1.82) is 0 Å². The molecule has 0 atom stereocenters. The van der Waals surface area contributed by atoms with E-state index >= 15 is 0 Å². The first-order valence-corrected chi connectivity index (χ1v) is 13.0. The lowest BCUT2D eigenvalue weighted by atomic mass is 10.1. The third kappa shape index (κ3) is 6.43. The third-order valence-electron chi connectivity index (χ3n) is 6.89. The lowest BCUT2D eigenvalue weighted by Gasteiger charge is -2.36. The molecule has 2 saturated heterocycles. The zero-order valence-corrected chi connectivity index (χ0v) is 20.9. The Hall–Kier alpha value is -2.95. The minimum atomic E-state index is -0.267. The van der Waals surface area contributed by atoms with Crippen molar-refractivity contribution >= 4 is 11.9 Å². The first-order chi connectivity index (χ1) is 17.8. The number of ether oxygens (including phenoxy) is 3. The van der Waals surface area contributed by atoms with Gasteiger partial charge in [0.05, 0.1) is 25.5 Å². The van der Waals surface area contributed by atoms with Crippen LogP contribution in [0.1, 0.15) is 23.2 Å². The Morgan fingerprint density at radius 1 is 1.03 bits per heavy atom. The van der Waals surface area contributed by atoms with E-state index in [-0.39, 0.29) is 6.09 Å². The molecule has 5 rings (SSSR count). The van der Waals surface area contributed by atoms with Crippen molar-refractivity contribution in [2.75, 3.05) is 77.1 Å². The fourth-order valence-corrected chi connectivity index (χ4v) is 4.83. The van der Waals surface area contributed by atoms with Gasteiger partial charge in [0.25, 0.3) is 0 Å². The summed E-state index contributed by atoms with van der Waals surface area (Å²) < 4.78 is 16.9. The highest BCUT2D eigenvalue weighted by Gasteiger charge is 2.27. The molecule has 2 fully saturated rings. The second kappa shape index (κ2) is 12.3. The van der Waals surface area contributed by atoms with Crippen LogP contribution in [0.4, 0.5) is 10.6 Å². The molecular formula is C26H36N6O4. The topological polar surface area (TPSA) is 92.3 Å². The lowest BCUT2D eigenvalue weighted by Crippen LogP contribution is -2.49. The van der Waals surface area contributed by atoms with E-state index < -0.39 is 0 Å². The number of hydrogen-bond donors (Lipinski definition) is 1. The van der Waals surface area contributed by atoms with Gasteiger partial charge in [-0.15, -0.1) is 0 Å². The van der Waals surface area contributed by atoms with E-state index in [2.05, 4.69) is 15.1 Å². The molecule has 10 nitrogen and oxygen atoms in total. The van der Waals surface area contributed by atoms with Crippen molar-refractivity contribution < 1.29 is 19.0 Å². The first kappa shape index (κ1) is 24.7. The highest BCUT2D eigenvalue weighted by atomic mass is 16.6. The Morgan fingerprint density at radius 2 is 1.83 bits per heavy atom. The van der Waals surface area contributed by atoms with Crippen LogP contribution in [0, 0.1) is 0 Å². The molecule has 36 heavy (non-hydrogen) atoms. The van der Waals surface area contributed by atoms with Crippen LogP contribution in [-0.4, -0.2) is 98.0 Å². The van der Waals surface area contributed by atoms with Gasteiger partial charge in [-0.25, -0.2) is 4.79 Å². The monoisotopic (exact) mass is 496 g/mol. The molecule has 0 unspecified atom stereocenters. The number of fused-ring (bicyclic) bond motifs is 1. The summed E-state index contributed by atoms with van der Waals surface area (Å²) in [4.78, 5) is 28.6. The van der Waals surface area contributed by atoms with Gasteiger partial charge < -0.3 is 29.3 Å². The van der Waals surface area contributed by atoms with Crippen molar-refractivity contribution in [2.45, 2.75) is 26.0 Å². The summed E-state index contributed by atoms with van der Waals surface area (Å²) in [5.41, 5.74) is 3.19. The smallest absolute Gasteiger partial charge is 0.410 e. The van der Waals surface area contributed by atoms with Crippen LogP contribution in [-0.2, 0) is 29.0 Å². The highest BCUT2D eigenvalue weighted by Crippen LogP contribution is 2.27. The Kier molecular flexibility index (Phi) is 8.47. The van der Waals surface area contributed by atoms with Crippen LogP contribution < -0.4 is 15.0 Å². The second-order valence-electron chi connectivity index (χ2n) is 9.35. The number of piperazine rings is 1. The van der Waals surface area contributed by atoms with E-state index in [0.717, 1.165) is 75.9 Å². The summed E-state index contributed by atoms with van der Waals surface area (Å²) in [6.45, 7) is 9.69. The van der Waals surface area contributed by atoms with Crippen LogP contribution in [0.5, 0.6) is 6.01 Å². The Labute approximate surface area is 212 Å². The van der Waals surface area contributed by atoms with Crippen molar-refractivity contribution in [3.63, 3.8) is 0 Å². The van der Waals surface area contributed by atoms with Crippen LogP contribution in [0.3, 0.4) is 0 Å². The van der Waals surface area contributed by atoms with Gasteiger partial charge in [-0.3, -0.25) is 4.90 Å². The molecule has 1 amide bonds. The maximum absolute atomic E-state index is 12.6. The number of nitrogens with zero attached hydrogens (tertiary/aromatic N) is 5. The first-order valence-electron chi connectivity index (χ1n) is 13.0. The molecule has 0 aliphatic carbocycles. The summed E-state index contributed by atoms with van der Waals surface area (Å²) in [5.74, 6) is 0.946. The van der Waals surface area contributed by atoms with Gasteiger partial charge >= 0.3 is 12.1 Å². The molecule has 1 aromatic heterocycles. The van der Waals surface area contributed by atoms with E-state index in [1.807, 2.05) is 30.3 Å². The van der Waals surface area contributed by atoms with Gasteiger partial charge in [-0.1, -0.05) is 30.3 Å². The van der Waals surface area contributed by atoms with Crippen LogP contribution in [0.15, 0.2) is 30.3 Å². The van der Waals surface area contributed by atoms with Gasteiger partial charge in [-0.05, 0) is 24.9 Å². The minimum absolute atomic E-state index is 0.267. The molecule has 3 aliphatic heterocycles. The Bertz CT molecular complexity index is 993. The SMILES string of the molecule is O=C(OCc1ccccc1)N1CCN(c2nc(OCCCN3CCOCC3)nc3c2CCNC3)CC1. The predicted molar refractivity (Wildman–Crippen MR) is 135 cm³/mol.